The van der Waals surface area contributed by atoms with Crippen LogP contribution in [0.5, 0.6) is 0 Å². The van der Waals surface area contributed by atoms with Crippen LogP contribution in [0.2, 0.25) is 0 Å². The Morgan fingerprint density at radius 2 is 1.84 bits per heavy atom. The second-order valence-electron chi connectivity index (χ2n) is 5.70. The van der Waals surface area contributed by atoms with Crippen molar-refractivity contribution >= 4 is 22.7 Å². The van der Waals surface area contributed by atoms with Gasteiger partial charge in [-0.2, -0.15) is 0 Å². The van der Waals surface area contributed by atoms with E-state index in [1.54, 1.807) is 23.6 Å². The summed E-state index contributed by atoms with van der Waals surface area (Å²) in [5, 5.41) is 9.30. The number of Topliss-reactive ketones (excluding diaryl/α,β-unsaturated/α-hetero) is 1. The van der Waals surface area contributed by atoms with E-state index in [2.05, 4.69) is 0 Å². The number of ketones is 1. The predicted molar refractivity (Wildman–Crippen MR) is 89.0 cm³/mol. The number of benzene rings is 2. The average Bonchev–Trinajstić information content (AvgIpc) is 2.95. The van der Waals surface area contributed by atoms with E-state index in [0.717, 1.165) is 0 Å². The summed E-state index contributed by atoms with van der Waals surface area (Å²) in [7, 11) is 0. The third kappa shape index (κ3) is 3.03. The maximum Gasteiger partial charge on any atom is 0.337 e. The molecule has 128 valence electrons. The van der Waals surface area contributed by atoms with Gasteiger partial charge >= 0.3 is 5.97 Å². The van der Waals surface area contributed by atoms with Crippen LogP contribution in [0.15, 0.2) is 42.6 Å². The smallest absolute Gasteiger partial charge is 0.337 e. The molecule has 0 unspecified atom stereocenters. The molecule has 0 amide bonds. The average molecular weight is 343 g/mol. The van der Waals surface area contributed by atoms with Crippen molar-refractivity contribution in [1.29, 1.82) is 0 Å². The van der Waals surface area contributed by atoms with Gasteiger partial charge in [-0.05, 0) is 29.8 Å². The zero-order chi connectivity index (χ0) is 18.1. The molecule has 1 N–H and O–H groups in total. The topological polar surface area (TPSA) is 59.3 Å². The lowest BCUT2D eigenvalue weighted by molar-refractivity contribution is 0.0698. The lowest BCUT2D eigenvalue weighted by Crippen LogP contribution is -2.04. The van der Waals surface area contributed by atoms with Crippen LogP contribution in [0, 0.1) is 11.6 Å². The number of aromatic nitrogens is 1. The van der Waals surface area contributed by atoms with Gasteiger partial charge in [-0.3, -0.25) is 4.79 Å². The molecule has 0 aliphatic carbocycles. The first-order chi connectivity index (χ1) is 11.9. The molecule has 1 aromatic heterocycles. The highest BCUT2D eigenvalue weighted by Gasteiger charge is 2.18. The van der Waals surface area contributed by atoms with E-state index in [1.165, 1.54) is 30.5 Å². The zero-order valence-electron chi connectivity index (χ0n) is 13.4. The van der Waals surface area contributed by atoms with E-state index in [4.69, 9.17) is 0 Å². The van der Waals surface area contributed by atoms with Crippen LogP contribution in [0.1, 0.15) is 39.6 Å². The van der Waals surface area contributed by atoms with Gasteiger partial charge in [-0.15, -0.1) is 0 Å². The molecule has 2 aromatic carbocycles. The van der Waals surface area contributed by atoms with Gasteiger partial charge in [-0.25, -0.2) is 13.6 Å². The van der Waals surface area contributed by atoms with Crippen LogP contribution in [-0.4, -0.2) is 21.4 Å². The van der Waals surface area contributed by atoms with Crippen molar-refractivity contribution in [2.45, 2.75) is 19.9 Å². The highest BCUT2D eigenvalue weighted by molar-refractivity contribution is 6.03. The van der Waals surface area contributed by atoms with Crippen LogP contribution in [0.3, 0.4) is 0 Å². The van der Waals surface area contributed by atoms with Gasteiger partial charge in [-0.1, -0.05) is 19.1 Å². The van der Waals surface area contributed by atoms with Crippen LogP contribution >= 0.6 is 0 Å². The molecule has 0 aliphatic rings. The molecule has 0 spiro atoms. The number of carboxylic acid groups (broad SMARTS) is 1. The summed E-state index contributed by atoms with van der Waals surface area (Å²) in [5.41, 5.74) is 0.835. The fourth-order valence-corrected chi connectivity index (χ4v) is 2.87. The van der Waals surface area contributed by atoms with Crippen LogP contribution < -0.4 is 0 Å². The number of aromatic carboxylic acids is 1. The second-order valence-corrected chi connectivity index (χ2v) is 5.70. The van der Waals surface area contributed by atoms with E-state index >= 15 is 0 Å². The van der Waals surface area contributed by atoms with Crippen molar-refractivity contribution in [2.24, 2.45) is 0 Å². The Morgan fingerprint density at radius 1 is 1.08 bits per heavy atom. The highest BCUT2D eigenvalue weighted by Crippen LogP contribution is 2.25. The molecule has 6 heteroatoms. The van der Waals surface area contributed by atoms with E-state index in [1.807, 2.05) is 0 Å². The van der Waals surface area contributed by atoms with Crippen molar-refractivity contribution in [1.82, 2.24) is 4.57 Å². The minimum atomic E-state index is -1.23. The Kier molecular flexibility index (Phi) is 4.35. The van der Waals surface area contributed by atoms with E-state index in [0.29, 0.717) is 11.1 Å². The third-order valence-corrected chi connectivity index (χ3v) is 4.09. The standard InChI is InChI=1S/C19H15F2NO3/c1-2-17(23)12-7-6-11(8-15(12)21)9-22-10-13(19(24)25)18-14(20)4-3-5-16(18)22/h3-8,10H,2,9H2,1H3,(H,24,25). The van der Waals surface area contributed by atoms with Crippen molar-refractivity contribution in [2.75, 3.05) is 0 Å². The molecule has 4 nitrogen and oxygen atoms in total. The maximum absolute atomic E-state index is 14.1. The molecule has 25 heavy (non-hydrogen) atoms. The van der Waals surface area contributed by atoms with Gasteiger partial charge in [0.2, 0.25) is 0 Å². The number of carbonyl (C=O) groups excluding carboxylic acids is 1. The zero-order valence-corrected chi connectivity index (χ0v) is 13.4. The van der Waals surface area contributed by atoms with Gasteiger partial charge in [0.1, 0.15) is 11.6 Å². The summed E-state index contributed by atoms with van der Waals surface area (Å²) in [6, 6.07) is 8.57. The fraction of sp³-hybridized carbons (Fsp3) is 0.158. The summed E-state index contributed by atoms with van der Waals surface area (Å²) in [6.07, 6.45) is 1.54. The van der Waals surface area contributed by atoms with E-state index < -0.39 is 17.6 Å². The van der Waals surface area contributed by atoms with Crippen LogP contribution in [0.25, 0.3) is 10.9 Å². The van der Waals surface area contributed by atoms with Crippen molar-refractivity contribution in [3.8, 4) is 0 Å². The SMILES string of the molecule is CCC(=O)c1ccc(Cn2cc(C(=O)O)c3c(F)cccc32)cc1F. The number of carbonyl (C=O) groups is 2. The van der Waals surface area contributed by atoms with Crippen molar-refractivity contribution in [3.05, 3.63) is 70.9 Å². The van der Waals surface area contributed by atoms with Gasteiger partial charge < -0.3 is 9.67 Å². The lowest BCUT2D eigenvalue weighted by atomic mass is 10.1. The molecule has 1 heterocycles. The Hall–Kier alpha value is -3.02. The Balaban J connectivity index is 2.04. The molecule has 0 atom stereocenters. The second kappa shape index (κ2) is 6.47. The van der Waals surface area contributed by atoms with Crippen molar-refractivity contribution in [3.63, 3.8) is 0 Å². The van der Waals surface area contributed by atoms with Crippen molar-refractivity contribution < 1.29 is 23.5 Å². The number of rotatable bonds is 5. The molecule has 0 aliphatic heterocycles. The van der Waals surface area contributed by atoms with E-state index in [-0.39, 0.29) is 35.3 Å². The van der Waals surface area contributed by atoms with Crippen LogP contribution in [-0.2, 0) is 6.54 Å². The molecule has 0 radical (unpaired) electrons. The number of halogens is 2. The quantitative estimate of drug-likeness (QED) is 0.704. The largest absolute Gasteiger partial charge is 0.478 e. The maximum atomic E-state index is 14.1. The molecule has 0 bridgehead atoms. The van der Waals surface area contributed by atoms with Crippen LogP contribution in [0.4, 0.5) is 8.78 Å². The highest BCUT2D eigenvalue weighted by atomic mass is 19.1. The molecule has 0 saturated carbocycles. The third-order valence-electron chi connectivity index (χ3n) is 4.09. The first-order valence-electron chi connectivity index (χ1n) is 7.74. The normalized spacial score (nSPS) is 11.0. The summed E-state index contributed by atoms with van der Waals surface area (Å²) in [6.45, 7) is 1.81. The molecule has 0 saturated heterocycles. The van der Waals surface area contributed by atoms with Gasteiger partial charge in [0.25, 0.3) is 0 Å². The minimum absolute atomic E-state index is 0.0215. The Bertz CT molecular complexity index is 992. The first kappa shape index (κ1) is 16.8. The summed E-state index contributed by atoms with van der Waals surface area (Å²) < 4.78 is 29.7. The first-order valence-corrected chi connectivity index (χ1v) is 7.74. The number of carboxylic acids is 1. The fourth-order valence-electron chi connectivity index (χ4n) is 2.87. The molecular formula is C19H15F2NO3. The summed E-state index contributed by atoms with van der Waals surface area (Å²) >= 11 is 0. The van der Waals surface area contributed by atoms with Gasteiger partial charge in [0.05, 0.1) is 16.6 Å². The number of fused-ring (bicyclic) bond motifs is 1. The summed E-state index contributed by atoms with van der Waals surface area (Å²) in [4.78, 5) is 23.0. The molecule has 0 fully saturated rings. The molecule has 3 aromatic rings. The van der Waals surface area contributed by atoms with Gasteiger partial charge in [0.15, 0.2) is 5.78 Å². The monoisotopic (exact) mass is 343 g/mol. The summed E-state index contributed by atoms with van der Waals surface area (Å²) in [5.74, 6) is -2.76. The minimum Gasteiger partial charge on any atom is -0.478 e. The number of hydrogen-bond acceptors (Lipinski definition) is 2. The van der Waals surface area contributed by atoms with E-state index in [9.17, 15) is 23.5 Å². The molecular weight excluding hydrogens is 328 g/mol. The lowest BCUT2D eigenvalue weighted by Gasteiger charge is -2.08. The Morgan fingerprint density at radius 3 is 2.48 bits per heavy atom. The number of nitrogens with zero attached hydrogens (tertiary/aromatic N) is 1. The van der Waals surface area contributed by atoms with Gasteiger partial charge in [0, 0.05) is 24.5 Å². The molecule has 3 rings (SSSR count). The number of hydrogen-bond donors (Lipinski definition) is 1. The predicted octanol–water partition coefficient (Wildman–Crippen LogP) is 4.26. The Labute approximate surface area is 142 Å².